The molecule has 0 spiro atoms. The lowest BCUT2D eigenvalue weighted by Crippen LogP contribution is -2.27. The second kappa shape index (κ2) is 34.7. The minimum absolute atomic E-state index is 0.109. The Labute approximate surface area is 601 Å². The molecule has 3 aromatic heterocycles. The molecule has 3 N–H and O–H groups in total. The standard InChI is InChI=1S/C27H30Cl2N4.C26H30Cl2N4.C24H24Cl2N4O2/c28-24-11-10-19(17-25(24)29)23-16-20-18-31-27(32-26(20)22-9-4-3-8-21(22)23)30-12-7-15-33-13-5-1-2-6-14-33;1-3-32(4-2)14-8-7-13-29-26-30-17-19-15-22(18-11-12-23(27)24(28)16-18)20-9-5-6-10-21(20)25(19)31-26;1-30(2)10-5-11-32-24(31)29-23-27-14-16-12-19(15-8-9-20(25)21(26)13-15)17-6-3-4-7-18(17)22(16)28-23/h3-4,8-11,17-18,23H,1-2,5-7,12-16H2,(H,30,31,32);5-6,9-12,16-17,22H,3-4,7-8,13-15H2,1-2H3,(H,29,30,31);3-4,6-9,13-14,19H,5,10-12H2,1-2H3,(H,27,28,29,31). The summed E-state index contributed by atoms with van der Waals surface area (Å²) < 4.78 is 5.23. The number of aromatic nitrogens is 6. The SMILES string of the molecule is CCN(CC)CCCCNc1ncc2c(n1)-c1ccccc1C(c1ccc(Cl)c(Cl)c1)C2.CN(C)CCCOC(=O)Nc1ncc2c(n1)-c1ccccc1C(c1ccc(Cl)c(Cl)c1)C2.Clc1ccc(C2Cc3cnc(NCCCN4CCCCCC4)nc3-c3ccccc32)cc1Cl. The first-order valence-corrected chi connectivity index (χ1v) is 36.2. The van der Waals surface area contributed by atoms with E-state index in [-0.39, 0.29) is 23.7 Å². The highest BCUT2D eigenvalue weighted by Crippen LogP contribution is 2.46. The van der Waals surface area contributed by atoms with Crippen LogP contribution in [0.1, 0.15) is 133 Å². The van der Waals surface area contributed by atoms with Gasteiger partial charge in [-0.1, -0.05) is 187 Å². The smallest absolute Gasteiger partial charge is 0.414 e. The fourth-order valence-corrected chi connectivity index (χ4v) is 14.4. The first-order chi connectivity index (χ1) is 47.2. The van der Waals surface area contributed by atoms with Crippen LogP contribution in [0.2, 0.25) is 30.1 Å². The van der Waals surface area contributed by atoms with Crippen LogP contribution in [0.4, 0.5) is 22.6 Å². The first-order valence-electron chi connectivity index (χ1n) is 33.9. The number of likely N-dealkylation sites (tertiary alicyclic amines) is 1. The Morgan fingerprint density at radius 3 is 1.33 bits per heavy atom. The Kier molecular flexibility index (Phi) is 25.5. The van der Waals surface area contributed by atoms with E-state index < -0.39 is 6.09 Å². The zero-order chi connectivity index (χ0) is 67.8. The van der Waals surface area contributed by atoms with Gasteiger partial charge in [-0.15, -0.1) is 0 Å². The lowest BCUT2D eigenvalue weighted by Gasteiger charge is -2.28. The van der Waals surface area contributed by atoms with Crippen LogP contribution in [0.15, 0.2) is 146 Å². The number of hydrogen-bond donors (Lipinski definition) is 3. The van der Waals surface area contributed by atoms with Gasteiger partial charge in [-0.25, -0.2) is 34.7 Å². The van der Waals surface area contributed by atoms with Crippen LogP contribution in [-0.2, 0) is 24.0 Å². The van der Waals surface area contributed by atoms with Gasteiger partial charge in [0.2, 0.25) is 17.8 Å². The van der Waals surface area contributed by atoms with Crippen LogP contribution in [-0.4, -0.2) is 130 Å². The van der Waals surface area contributed by atoms with E-state index in [9.17, 15) is 4.79 Å². The molecule has 0 radical (unpaired) electrons. The summed E-state index contributed by atoms with van der Waals surface area (Å²) in [6.45, 7) is 14.4. The van der Waals surface area contributed by atoms with Crippen molar-refractivity contribution in [2.45, 2.75) is 102 Å². The van der Waals surface area contributed by atoms with Gasteiger partial charge in [0.1, 0.15) is 0 Å². The maximum absolute atomic E-state index is 12.1. The van der Waals surface area contributed by atoms with Gasteiger partial charge in [-0.05, 0) is 198 Å². The van der Waals surface area contributed by atoms with Gasteiger partial charge >= 0.3 is 6.09 Å². The first kappa shape index (κ1) is 71.3. The number of nitrogens with one attached hydrogen (secondary N) is 3. The highest BCUT2D eigenvalue weighted by molar-refractivity contribution is 6.43. The molecule has 1 fully saturated rings. The third-order valence-corrected chi connectivity index (χ3v) is 20.8. The van der Waals surface area contributed by atoms with Crippen LogP contribution in [0, 0.1) is 0 Å². The van der Waals surface area contributed by atoms with Gasteiger partial charge in [0, 0.05) is 72.7 Å². The molecule has 20 heteroatoms. The van der Waals surface area contributed by atoms with E-state index in [1.54, 1.807) is 6.20 Å². The maximum atomic E-state index is 12.1. The Morgan fingerprint density at radius 2 is 0.907 bits per heavy atom. The predicted molar refractivity (Wildman–Crippen MR) is 400 cm³/mol. The molecule has 97 heavy (non-hydrogen) atoms. The zero-order valence-electron chi connectivity index (χ0n) is 55.5. The molecule has 9 aromatic rings. The van der Waals surface area contributed by atoms with E-state index >= 15 is 0 Å². The minimum atomic E-state index is -0.554. The predicted octanol–water partition coefficient (Wildman–Crippen LogP) is 19.1. The van der Waals surface area contributed by atoms with Gasteiger partial charge in [-0.3, -0.25) is 5.32 Å². The molecule has 0 bridgehead atoms. The van der Waals surface area contributed by atoms with Crippen LogP contribution in [0.5, 0.6) is 0 Å². The second-order valence-corrected chi connectivity index (χ2v) is 27.8. The van der Waals surface area contributed by atoms with Gasteiger partial charge in [0.25, 0.3) is 0 Å². The van der Waals surface area contributed by atoms with Crippen molar-refractivity contribution in [3.05, 3.63) is 226 Å². The average Bonchev–Trinajstić information content (AvgIpc) is 0.866. The van der Waals surface area contributed by atoms with Crippen molar-refractivity contribution in [1.29, 1.82) is 0 Å². The summed E-state index contributed by atoms with van der Waals surface area (Å²) >= 11 is 37.4. The van der Waals surface area contributed by atoms with Crippen LogP contribution >= 0.6 is 69.6 Å². The van der Waals surface area contributed by atoms with E-state index in [1.165, 1.54) is 73.0 Å². The van der Waals surface area contributed by atoms with Crippen LogP contribution in [0.3, 0.4) is 0 Å². The molecule has 0 saturated carbocycles. The summed E-state index contributed by atoms with van der Waals surface area (Å²) in [5.41, 5.74) is 16.6. The van der Waals surface area contributed by atoms with Crippen LogP contribution < -0.4 is 16.0 Å². The largest absolute Gasteiger partial charge is 0.449 e. The average molecular weight is 1420 g/mol. The molecule has 1 aliphatic heterocycles. The molecule has 506 valence electrons. The van der Waals surface area contributed by atoms with Crippen molar-refractivity contribution >= 4 is 93.5 Å². The fourth-order valence-electron chi connectivity index (χ4n) is 13.5. The molecular weight excluding hydrogens is 1340 g/mol. The summed E-state index contributed by atoms with van der Waals surface area (Å²) in [5.74, 6) is 2.17. The second-order valence-electron chi connectivity index (χ2n) is 25.4. The highest BCUT2D eigenvalue weighted by Gasteiger charge is 2.31. The Hall–Kier alpha value is -6.95. The molecule has 1 saturated heterocycles. The van der Waals surface area contributed by atoms with Crippen molar-refractivity contribution in [3.8, 4) is 33.8 Å². The van der Waals surface area contributed by atoms with Gasteiger partial charge in [0.05, 0.1) is 53.8 Å². The van der Waals surface area contributed by atoms with Crippen LogP contribution in [0.25, 0.3) is 33.8 Å². The van der Waals surface area contributed by atoms with Crippen molar-refractivity contribution in [2.24, 2.45) is 0 Å². The summed E-state index contributed by atoms with van der Waals surface area (Å²) in [4.78, 5) is 47.3. The van der Waals surface area contributed by atoms with E-state index in [4.69, 9.17) is 84.3 Å². The molecular formula is C77H84Cl6N12O2. The van der Waals surface area contributed by atoms with Crippen molar-refractivity contribution < 1.29 is 9.53 Å². The Bertz CT molecular complexity index is 4150. The molecule has 4 aliphatic rings. The quantitative estimate of drug-likeness (QED) is 0.0587. The molecule has 3 aliphatic carbocycles. The van der Waals surface area contributed by atoms with E-state index in [0.29, 0.717) is 48.6 Å². The molecule has 3 unspecified atom stereocenters. The number of halogens is 6. The number of carbonyl (C=O) groups is 1. The molecule has 4 heterocycles. The van der Waals surface area contributed by atoms with E-state index in [1.807, 2.05) is 92.1 Å². The van der Waals surface area contributed by atoms with E-state index in [0.717, 1.165) is 140 Å². The number of carbonyl (C=O) groups excluding carboxylic acids is 1. The third-order valence-electron chi connectivity index (χ3n) is 18.6. The van der Waals surface area contributed by atoms with Gasteiger partial charge in [0.15, 0.2) is 0 Å². The fraction of sp³-hybridized carbons (Fsp3) is 0.364. The Balaban J connectivity index is 0.000000148. The number of nitrogens with zero attached hydrogens (tertiary/aromatic N) is 9. The number of unbranched alkanes of at least 4 members (excludes halogenated alkanes) is 1. The monoisotopic (exact) mass is 1420 g/mol. The number of ether oxygens (including phenoxy) is 1. The lowest BCUT2D eigenvalue weighted by atomic mass is 9.78. The van der Waals surface area contributed by atoms with Gasteiger partial charge < -0.3 is 30.1 Å². The minimum Gasteiger partial charge on any atom is -0.449 e. The molecule has 6 aromatic carbocycles. The Morgan fingerprint density at radius 1 is 0.495 bits per heavy atom. The maximum Gasteiger partial charge on any atom is 0.414 e. The molecule has 1 amide bonds. The number of benzene rings is 6. The summed E-state index contributed by atoms with van der Waals surface area (Å²) in [6.07, 6.45) is 17.2. The number of hydrogen-bond acceptors (Lipinski definition) is 13. The summed E-state index contributed by atoms with van der Waals surface area (Å²) in [7, 11) is 3.95. The lowest BCUT2D eigenvalue weighted by molar-refractivity contribution is 0.156. The number of rotatable bonds is 21. The van der Waals surface area contributed by atoms with Gasteiger partial charge in [-0.2, -0.15) is 0 Å². The van der Waals surface area contributed by atoms with Crippen molar-refractivity contribution in [1.82, 2.24) is 44.6 Å². The van der Waals surface area contributed by atoms with E-state index in [2.05, 4.69) is 126 Å². The number of amides is 1. The van der Waals surface area contributed by atoms with Crippen molar-refractivity contribution in [2.75, 3.05) is 95.6 Å². The molecule has 14 nitrogen and oxygen atoms in total. The summed E-state index contributed by atoms with van der Waals surface area (Å²) in [6, 6.07) is 42.8. The number of fused-ring (bicyclic) bond motifs is 9. The molecule has 3 atom stereocenters. The zero-order valence-corrected chi connectivity index (χ0v) is 60.1. The normalized spacial score (nSPS) is 15.9. The topological polar surface area (TPSA) is 149 Å². The summed E-state index contributed by atoms with van der Waals surface area (Å²) in [5, 5.41) is 12.9. The number of anilines is 3. The highest BCUT2D eigenvalue weighted by atomic mass is 35.5. The van der Waals surface area contributed by atoms with Crippen molar-refractivity contribution in [3.63, 3.8) is 0 Å². The third kappa shape index (κ3) is 18.5. The molecule has 13 rings (SSSR count).